The molecule has 62 valence electrons. The van der Waals surface area contributed by atoms with Crippen LogP contribution in [0, 0.1) is 18.8 Å². The Morgan fingerprint density at radius 1 is 1.27 bits per heavy atom. The molecular formula is C8H17LiO2. The van der Waals surface area contributed by atoms with Gasteiger partial charge in [0.15, 0.2) is 0 Å². The van der Waals surface area contributed by atoms with E-state index in [2.05, 4.69) is 20.8 Å². The van der Waals surface area contributed by atoms with E-state index in [4.69, 9.17) is 5.11 Å². The van der Waals surface area contributed by atoms with Crippen LogP contribution in [0.4, 0.5) is 0 Å². The number of carbonyl (C=O) groups is 1. The predicted octanol–water partition coefficient (Wildman–Crippen LogP) is -0.793. The Kier molecular flexibility index (Phi) is 15.8. The third kappa shape index (κ3) is 39.6. The van der Waals surface area contributed by atoms with Crippen molar-refractivity contribution in [3.05, 3.63) is 6.92 Å². The van der Waals surface area contributed by atoms with Gasteiger partial charge in [-0.2, -0.15) is 5.92 Å². The van der Waals surface area contributed by atoms with Crippen molar-refractivity contribution in [1.29, 1.82) is 0 Å². The molecule has 0 aliphatic heterocycles. The quantitative estimate of drug-likeness (QED) is 0.395. The van der Waals surface area contributed by atoms with Gasteiger partial charge in [-0.05, 0) is 0 Å². The fourth-order valence-electron chi connectivity index (χ4n) is 0. The Bertz CT molecular complexity index is 87.3. The largest absolute Gasteiger partial charge is 1.00 e. The molecule has 0 aliphatic carbocycles. The predicted molar refractivity (Wildman–Crippen MR) is 42.7 cm³/mol. The molecule has 0 aromatic rings. The van der Waals surface area contributed by atoms with Crippen LogP contribution in [0.25, 0.3) is 0 Å². The minimum Gasteiger partial charge on any atom is -0.481 e. The normalized spacial score (nSPS) is 8.27. The molecule has 0 aliphatic rings. The molecular weight excluding hydrogens is 135 g/mol. The number of carboxylic acid groups (broad SMARTS) is 1. The molecule has 0 spiro atoms. The van der Waals surface area contributed by atoms with Crippen LogP contribution < -0.4 is 18.9 Å². The van der Waals surface area contributed by atoms with E-state index in [0.717, 1.165) is 0 Å². The summed E-state index contributed by atoms with van der Waals surface area (Å²) in [6, 6.07) is 0. The molecule has 1 N–H and O–H groups in total. The van der Waals surface area contributed by atoms with Gasteiger partial charge in [-0.3, -0.25) is 4.79 Å². The average molecular weight is 152 g/mol. The first-order valence-electron chi connectivity index (χ1n) is 3.43. The Labute approximate surface area is 81.6 Å². The Morgan fingerprint density at radius 3 is 1.36 bits per heavy atom. The van der Waals surface area contributed by atoms with E-state index in [1.54, 1.807) is 13.8 Å². The summed E-state index contributed by atoms with van der Waals surface area (Å²) in [5, 5.41) is 7.99. The van der Waals surface area contributed by atoms with Gasteiger partial charge in [-0.1, -0.05) is 27.7 Å². The monoisotopic (exact) mass is 152 g/mol. The first-order valence-corrected chi connectivity index (χ1v) is 3.43. The van der Waals surface area contributed by atoms with Gasteiger partial charge in [-0.15, -0.1) is 0 Å². The maximum atomic E-state index is 9.70. The molecule has 0 amide bonds. The van der Waals surface area contributed by atoms with Crippen LogP contribution in [-0.2, 0) is 4.79 Å². The molecule has 0 atom stereocenters. The van der Waals surface area contributed by atoms with Crippen LogP contribution in [0.15, 0.2) is 0 Å². The second kappa shape index (κ2) is 10.1. The van der Waals surface area contributed by atoms with Gasteiger partial charge < -0.3 is 12.0 Å². The van der Waals surface area contributed by atoms with Crippen molar-refractivity contribution in [3.63, 3.8) is 0 Å². The molecule has 0 rings (SSSR count). The number of aliphatic carboxylic acids is 1. The summed E-state index contributed by atoms with van der Waals surface area (Å²) >= 11 is 0. The molecule has 0 fully saturated rings. The van der Waals surface area contributed by atoms with Crippen LogP contribution in [0.1, 0.15) is 27.7 Å². The number of hydrogen-bond acceptors (Lipinski definition) is 1. The summed E-state index contributed by atoms with van der Waals surface area (Å²) in [6.07, 6.45) is 0. The van der Waals surface area contributed by atoms with E-state index >= 15 is 0 Å². The molecule has 0 saturated carbocycles. The van der Waals surface area contributed by atoms with E-state index in [1.807, 2.05) is 0 Å². The zero-order chi connectivity index (χ0) is 8.73. The third-order valence-electron chi connectivity index (χ3n) is 0.494. The number of rotatable bonds is 1. The topological polar surface area (TPSA) is 37.3 Å². The number of carboxylic acids is 1. The Hall–Kier alpha value is 0.0674. The molecule has 11 heavy (non-hydrogen) atoms. The van der Waals surface area contributed by atoms with Gasteiger partial charge in [0.2, 0.25) is 0 Å². The third-order valence-corrected chi connectivity index (χ3v) is 0.494. The number of hydrogen-bond donors (Lipinski definition) is 1. The molecule has 0 aromatic carbocycles. The summed E-state index contributed by atoms with van der Waals surface area (Å²) in [5.74, 6) is -0.389. The summed E-state index contributed by atoms with van der Waals surface area (Å²) < 4.78 is 0. The molecule has 3 heteroatoms. The second-order valence-electron chi connectivity index (χ2n) is 2.89. The molecule has 0 bridgehead atoms. The van der Waals surface area contributed by atoms with Crippen molar-refractivity contribution in [2.45, 2.75) is 27.7 Å². The van der Waals surface area contributed by atoms with Gasteiger partial charge in [0.1, 0.15) is 0 Å². The maximum Gasteiger partial charge on any atom is 1.00 e. The average Bonchev–Trinajstić information content (AvgIpc) is 1.63. The van der Waals surface area contributed by atoms with Gasteiger partial charge in [-0.25, -0.2) is 0 Å². The Balaban J connectivity index is -0.000000114. The van der Waals surface area contributed by atoms with Gasteiger partial charge in [0.05, 0.1) is 5.92 Å². The first-order chi connectivity index (χ1) is 4.37. The molecule has 0 radical (unpaired) electrons. The van der Waals surface area contributed by atoms with E-state index in [-0.39, 0.29) is 24.8 Å². The molecule has 2 nitrogen and oxygen atoms in total. The van der Waals surface area contributed by atoms with Crippen molar-refractivity contribution in [2.24, 2.45) is 11.8 Å². The minimum absolute atomic E-state index is 0. The van der Waals surface area contributed by atoms with E-state index in [0.29, 0.717) is 5.92 Å². The van der Waals surface area contributed by atoms with E-state index in [1.165, 1.54) is 0 Å². The van der Waals surface area contributed by atoms with Gasteiger partial charge in [0.25, 0.3) is 0 Å². The molecule has 0 unspecified atom stereocenters. The van der Waals surface area contributed by atoms with Crippen LogP contribution in [0.3, 0.4) is 0 Å². The zero-order valence-corrected chi connectivity index (χ0v) is 8.22. The SMILES string of the molecule is CC(C)C(=O)O.[CH2-]C(C)C.[Li+]. The second-order valence-corrected chi connectivity index (χ2v) is 2.89. The maximum absolute atomic E-state index is 9.70. The molecule has 0 heterocycles. The van der Waals surface area contributed by atoms with E-state index < -0.39 is 5.97 Å². The summed E-state index contributed by atoms with van der Waals surface area (Å²) in [4.78, 5) is 9.70. The summed E-state index contributed by atoms with van der Waals surface area (Å²) in [6.45, 7) is 11.0. The summed E-state index contributed by atoms with van der Waals surface area (Å²) in [7, 11) is 0. The smallest absolute Gasteiger partial charge is 0.481 e. The van der Waals surface area contributed by atoms with Crippen molar-refractivity contribution < 1.29 is 28.8 Å². The standard InChI is InChI=1S/C4H8O2.C4H9.Li/c1-3(2)4(5)6;1-4(2)3;/h3H,1-2H3,(H,5,6);4H,1H2,2-3H3;/q;-1;+1. The van der Waals surface area contributed by atoms with Gasteiger partial charge in [0, 0.05) is 0 Å². The Morgan fingerprint density at radius 2 is 1.36 bits per heavy atom. The van der Waals surface area contributed by atoms with Crippen LogP contribution in [0.5, 0.6) is 0 Å². The minimum atomic E-state index is -0.741. The zero-order valence-electron chi connectivity index (χ0n) is 8.22. The van der Waals surface area contributed by atoms with Crippen LogP contribution in [-0.4, -0.2) is 11.1 Å². The van der Waals surface area contributed by atoms with E-state index in [9.17, 15) is 4.79 Å². The van der Waals surface area contributed by atoms with Crippen molar-refractivity contribution in [1.82, 2.24) is 0 Å². The van der Waals surface area contributed by atoms with Crippen molar-refractivity contribution in [3.8, 4) is 0 Å². The van der Waals surface area contributed by atoms with Gasteiger partial charge >= 0.3 is 24.8 Å². The fraction of sp³-hybridized carbons (Fsp3) is 0.750. The first kappa shape index (κ1) is 17.2. The fourth-order valence-corrected chi connectivity index (χ4v) is 0. The van der Waals surface area contributed by atoms with Crippen LogP contribution >= 0.6 is 0 Å². The van der Waals surface area contributed by atoms with Crippen LogP contribution in [0.2, 0.25) is 0 Å². The molecule has 0 aromatic heterocycles. The summed E-state index contributed by atoms with van der Waals surface area (Å²) in [5.41, 5.74) is 0. The van der Waals surface area contributed by atoms with Crippen molar-refractivity contribution in [2.75, 3.05) is 0 Å². The van der Waals surface area contributed by atoms with Crippen molar-refractivity contribution >= 4 is 5.97 Å². The molecule has 0 saturated heterocycles.